The van der Waals surface area contributed by atoms with Crippen LogP contribution in [0.15, 0.2) is 30.3 Å². The maximum absolute atomic E-state index is 12.0. The van der Waals surface area contributed by atoms with Gasteiger partial charge in [-0.25, -0.2) is 0 Å². The summed E-state index contributed by atoms with van der Waals surface area (Å²) < 4.78 is 97.2. The quantitative estimate of drug-likeness (QED) is 0.339. The van der Waals surface area contributed by atoms with Gasteiger partial charge in [-0.1, -0.05) is 30.3 Å². The molecule has 0 aliphatic carbocycles. The first kappa shape index (κ1) is 28.6. The van der Waals surface area contributed by atoms with Gasteiger partial charge >= 0.3 is 0 Å². The van der Waals surface area contributed by atoms with E-state index in [2.05, 4.69) is 5.32 Å². The number of ether oxygens (including phenoxy) is 2. The molecule has 0 aromatic heterocycles. The summed E-state index contributed by atoms with van der Waals surface area (Å²) in [5, 5.41) is 2.44. The highest BCUT2D eigenvalue weighted by molar-refractivity contribution is 7.86. The summed E-state index contributed by atoms with van der Waals surface area (Å²) >= 11 is 0. The summed E-state index contributed by atoms with van der Waals surface area (Å²) in [6.07, 6.45) is -4.12. The summed E-state index contributed by atoms with van der Waals surface area (Å²) in [4.78, 5) is 11.9. The molecule has 0 radical (unpaired) electrons. The van der Waals surface area contributed by atoms with Gasteiger partial charge in [0.15, 0.2) is 6.29 Å². The predicted octanol–water partition coefficient (Wildman–Crippen LogP) is -0.901. The molecule has 1 saturated heterocycles. The third-order valence-electron chi connectivity index (χ3n) is 4.29. The van der Waals surface area contributed by atoms with Crippen LogP contribution in [0.3, 0.4) is 0 Å². The van der Waals surface area contributed by atoms with Gasteiger partial charge < -0.3 is 14.8 Å². The number of nitrogens with one attached hydrogen (secondary N) is 1. The molecule has 1 aliphatic heterocycles. The molecule has 2 rings (SSSR count). The van der Waals surface area contributed by atoms with Crippen molar-refractivity contribution in [3.8, 4) is 0 Å². The van der Waals surface area contributed by atoms with E-state index < -0.39 is 73.5 Å². The van der Waals surface area contributed by atoms with Crippen LogP contribution in [-0.2, 0) is 63.8 Å². The van der Waals surface area contributed by atoms with E-state index in [1.807, 2.05) is 0 Å². The molecule has 13 nitrogen and oxygen atoms in total. The molecule has 1 amide bonds. The minimum atomic E-state index is -4.24. The van der Waals surface area contributed by atoms with Crippen LogP contribution in [0.5, 0.6) is 0 Å². The van der Waals surface area contributed by atoms with E-state index in [0.717, 1.165) is 13.2 Å². The van der Waals surface area contributed by atoms with Gasteiger partial charge in [-0.15, -0.1) is 0 Å². The van der Waals surface area contributed by atoms with Crippen LogP contribution in [0.4, 0.5) is 0 Å². The molecule has 16 heteroatoms. The number of carbonyl (C=O) groups excluding carboxylic acids is 1. The first-order valence-corrected chi connectivity index (χ1v) is 15.2. The van der Waals surface area contributed by atoms with Gasteiger partial charge in [-0.05, 0) is 5.56 Å². The molecular weight excluding hydrogens is 518 g/mol. The average Bonchev–Trinajstić information content (AvgIpc) is 2.66. The monoisotopic (exact) mass is 545 g/mol. The minimum absolute atomic E-state index is 0.0512. The number of amides is 1. The van der Waals surface area contributed by atoms with Gasteiger partial charge in [-0.2, -0.15) is 25.3 Å². The fraction of sp³-hybridized carbons (Fsp3) is 0.611. The molecule has 0 saturated carbocycles. The SMILES string of the molecule is CC(=O)NC1[C@H](OCc2ccccc2)OC(COS(C)(=O)=O)[C@H](OS(C)(=O)=O)[C@H]1OS(C)(=O)=O. The van der Waals surface area contributed by atoms with Crippen molar-refractivity contribution in [3.05, 3.63) is 35.9 Å². The van der Waals surface area contributed by atoms with E-state index in [1.54, 1.807) is 30.3 Å². The van der Waals surface area contributed by atoms with Crippen molar-refractivity contribution in [1.29, 1.82) is 0 Å². The van der Waals surface area contributed by atoms with Gasteiger partial charge in [0, 0.05) is 6.92 Å². The van der Waals surface area contributed by atoms with E-state index in [9.17, 15) is 30.0 Å². The first-order chi connectivity index (χ1) is 15.5. The maximum Gasteiger partial charge on any atom is 0.264 e. The van der Waals surface area contributed by atoms with Crippen molar-refractivity contribution in [1.82, 2.24) is 5.32 Å². The van der Waals surface area contributed by atoms with Gasteiger partial charge in [0.05, 0.1) is 32.0 Å². The van der Waals surface area contributed by atoms with E-state index in [-0.39, 0.29) is 6.61 Å². The summed E-state index contributed by atoms with van der Waals surface area (Å²) in [7, 11) is -12.5. The lowest BCUT2D eigenvalue weighted by atomic mass is 9.97. The standard InChI is InChI=1S/C18H27NO12S3/c1-12(20)19-15-17(31-34(4,25)26)16(30-33(3,23)24)14(11-28-32(2,21)22)29-18(15)27-10-13-8-6-5-7-9-13/h5-9,14-18H,10-11H2,1-4H3,(H,19,20)/t14?,15?,16-,17-,18+/m0/s1. The Kier molecular flexibility index (Phi) is 9.57. The molecule has 2 unspecified atom stereocenters. The van der Waals surface area contributed by atoms with Crippen LogP contribution in [0.1, 0.15) is 12.5 Å². The molecule has 0 spiro atoms. The van der Waals surface area contributed by atoms with E-state index in [4.69, 9.17) is 22.0 Å². The topological polar surface area (TPSA) is 178 Å². The number of rotatable bonds is 11. The van der Waals surface area contributed by atoms with E-state index in [0.29, 0.717) is 18.1 Å². The highest BCUT2D eigenvalue weighted by Crippen LogP contribution is 2.30. The molecule has 1 aliphatic rings. The van der Waals surface area contributed by atoms with Crippen molar-refractivity contribution in [3.63, 3.8) is 0 Å². The lowest BCUT2D eigenvalue weighted by Gasteiger charge is -2.44. The number of hydrogen-bond acceptors (Lipinski definition) is 12. The lowest BCUT2D eigenvalue weighted by Crippen LogP contribution is -2.66. The second-order valence-electron chi connectivity index (χ2n) is 7.58. The molecule has 194 valence electrons. The fourth-order valence-corrected chi connectivity index (χ4v) is 4.80. The average molecular weight is 546 g/mol. The number of carbonyl (C=O) groups is 1. The fourth-order valence-electron chi connectivity index (χ4n) is 3.15. The maximum atomic E-state index is 12.0. The number of benzene rings is 1. The summed E-state index contributed by atoms with van der Waals surface area (Å²) in [6, 6.07) is 7.39. The summed E-state index contributed by atoms with van der Waals surface area (Å²) in [6.45, 7) is 0.335. The van der Waals surface area contributed by atoms with Gasteiger partial charge in [0.25, 0.3) is 30.4 Å². The predicted molar refractivity (Wildman–Crippen MR) is 118 cm³/mol. The highest BCUT2D eigenvalue weighted by Gasteiger charge is 2.51. The zero-order chi connectivity index (χ0) is 25.7. The van der Waals surface area contributed by atoms with Crippen LogP contribution in [-0.4, -0.2) is 87.2 Å². The Bertz CT molecular complexity index is 1150. The van der Waals surface area contributed by atoms with Crippen molar-refractivity contribution in [2.24, 2.45) is 0 Å². The Morgan fingerprint density at radius 3 is 1.97 bits per heavy atom. The second-order valence-corrected chi connectivity index (χ2v) is 12.4. The molecular formula is C18H27NO12S3. The molecule has 5 atom stereocenters. The van der Waals surface area contributed by atoms with Crippen LogP contribution in [0, 0.1) is 0 Å². The smallest absolute Gasteiger partial charge is 0.264 e. The second kappa shape index (κ2) is 11.4. The Morgan fingerprint density at radius 1 is 0.912 bits per heavy atom. The van der Waals surface area contributed by atoms with Crippen molar-refractivity contribution in [2.75, 3.05) is 25.4 Å². The highest BCUT2D eigenvalue weighted by atomic mass is 32.2. The third kappa shape index (κ3) is 9.91. The molecule has 1 heterocycles. The lowest BCUT2D eigenvalue weighted by molar-refractivity contribution is -0.262. The first-order valence-electron chi connectivity index (χ1n) is 9.73. The molecule has 1 aromatic rings. The van der Waals surface area contributed by atoms with Gasteiger partial charge in [0.1, 0.15) is 24.4 Å². The van der Waals surface area contributed by atoms with Crippen molar-refractivity contribution >= 4 is 36.3 Å². The Hall–Kier alpha value is -1.66. The van der Waals surface area contributed by atoms with Crippen LogP contribution in [0.2, 0.25) is 0 Å². The van der Waals surface area contributed by atoms with Crippen molar-refractivity contribution < 1.29 is 52.1 Å². The molecule has 0 bridgehead atoms. The van der Waals surface area contributed by atoms with Gasteiger partial charge in [0.2, 0.25) is 5.91 Å². The number of hydrogen-bond donors (Lipinski definition) is 1. The molecule has 1 N–H and O–H groups in total. The van der Waals surface area contributed by atoms with E-state index in [1.165, 1.54) is 0 Å². The zero-order valence-electron chi connectivity index (χ0n) is 18.8. The summed E-state index contributed by atoms with van der Waals surface area (Å²) in [5.74, 6) is -0.632. The van der Waals surface area contributed by atoms with E-state index >= 15 is 0 Å². The molecule has 1 aromatic carbocycles. The van der Waals surface area contributed by atoms with Crippen LogP contribution < -0.4 is 5.32 Å². The normalized spacial score (nSPS) is 26.2. The molecule has 34 heavy (non-hydrogen) atoms. The Morgan fingerprint density at radius 2 is 1.47 bits per heavy atom. The van der Waals surface area contributed by atoms with Crippen molar-refractivity contribution in [2.45, 2.75) is 44.2 Å². The largest absolute Gasteiger partial charge is 0.346 e. The minimum Gasteiger partial charge on any atom is -0.346 e. The molecule has 1 fully saturated rings. The Labute approximate surface area is 199 Å². The van der Waals surface area contributed by atoms with Crippen LogP contribution in [0.25, 0.3) is 0 Å². The summed E-state index contributed by atoms with van der Waals surface area (Å²) in [5.41, 5.74) is 0.701. The van der Waals surface area contributed by atoms with Gasteiger partial charge in [-0.3, -0.25) is 17.3 Å². The zero-order valence-corrected chi connectivity index (χ0v) is 21.3. The third-order valence-corrected chi connectivity index (χ3v) is 6.00. The van der Waals surface area contributed by atoms with Crippen LogP contribution >= 0.6 is 0 Å². The Balaban J connectivity index is 2.49.